The third-order valence-corrected chi connectivity index (χ3v) is 22.7. The number of hydrogen-bond donors (Lipinski definition) is 3. The zero-order valence-electron chi connectivity index (χ0n) is 58.1. The first-order valence-electron chi connectivity index (χ1n) is 33.2. The molecule has 0 aliphatic heterocycles. The van der Waals surface area contributed by atoms with Crippen molar-refractivity contribution < 1.29 is 133 Å². The maximum absolute atomic E-state index is 12.7. The van der Waals surface area contributed by atoms with Crippen LogP contribution in [0.2, 0.25) is 0 Å². The minimum atomic E-state index is -5.48. The van der Waals surface area contributed by atoms with Crippen LogP contribution < -0.4 is 19.8 Å². The molecule has 0 rings (SSSR count). The van der Waals surface area contributed by atoms with Crippen molar-refractivity contribution in [2.24, 2.45) is 40.9 Å². The molecular weight excluding hydrogens is 1340 g/mol. The molecule has 31 heteroatoms. The minimum Gasteiger partial charge on any atom is -0.854 e. The van der Waals surface area contributed by atoms with E-state index < -0.39 is 52.4 Å². The second kappa shape index (κ2) is 60.8. The van der Waals surface area contributed by atoms with Crippen molar-refractivity contribution >= 4 is 46.9 Å². The number of hydrogen-bond acceptors (Lipinski definition) is 21. The van der Waals surface area contributed by atoms with Gasteiger partial charge in [-0.25, -0.2) is 22.6 Å². The second-order valence-corrected chi connectivity index (χ2v) is 31.9. The fraction of sp³-hybridized carbons (Fsp3) is 0.933. The Morgan fingerprint density at radius 1 is 0.407 bits per heavy atom. The van der Waals surface area contributed by atoms with Crippen LogP contribution >= 0.6 is 46.9 Å². The molecule has 0 saturated carbocycles. The molecule has 0 saturated heterocycles. The van der Waals surface area contributed by atoms with E-state index in [1.807, 2.05) is 48.5 Å². The zero-order valence-corrected chi connectivity index (χ0v) is 65.0. The summed E-state index contributed by atoms with van der Waals surface area (Å²) in [6.45, 7) is 35.5. The van der Waals surface area contributed by atoms with Gasteiger partial charge in [0.1, 0.15) is 0 Å². The standard InChI is InChI=1S/3C16H36O7P2.C12H21O3.Ti/c3*1-5-9-11-15(7-3)13-21-25(20,23-24(17,18)19)22-14-16(8-4)12-10-6-2;1-4-7-14-10-12(6-3,9-13)11-15-8-5-2;/h3*15-16H,5-14H2,1-4H3,(H2,17,18,19);4-5H,1-2,6-11H2,3H3;/q;;;-1;+4/p-3. The molecule has 0 heterocycles. The van der Waals surface area contributed by atoms with Crippen LogP contribution in [0.4, 0.5) is 0 Å². The first-order valence-corrected chi connectivity index (χ1v) is 42.1. The number of ether oxygens (including phenoxy) is 2. The van der Waals surface area contributed by atoms with Gasteiger partial charge in [0.25, 0.3) is 7.82 Å². The third-order valence-electron chi connectivity index (χ3n) is 15.0. The SMILES string of the molecule is C=CCOCC(CC)(C[O-])COCC=C.CCCCC(CC)COP(=O)(OCC(CC)CCCC)OP(=O)(O)O.CCCCC(CC)COP(=O)(OCC(CC)CCCC)OP(=O)([O-])O.CCCCC(CC)COP(=O)(OCC(CC)CCCC)OP(=O)([O-])[O-].[Ti+4]. The Kier molecular flexibility index (Phi) is 67.1. The van der Waals surface area contributed by atoms with E-state index in [2.05, 4.69) is 67.6 Å². The van der Waals surface area contributed by atoms with Gasteiger partial charge in [-0.15, -0.1) is 19.8 Å². The minimum absolute atomic E-state index is 0. The summed E-state index contributed by atoms with van der Waals surface area (Å²) < 4.78 is 126. The first kappa shape index (κ1) is 101. The van der Waals surface area contributed by atoms with Gasteiger partial charge in [0.2, 0.25) is 0 Å². The molecule has 91 heavy (non-hydrogen) atoms. The topological polar surface area (TPSA) is 357 Å². The predicted octanol–water partition coefficient (Wildman–Crippen LogP) is 16.3. The Hall–Kier alpha value is 0.854. The Balaban J connectivity index is -0.000000366. The van der Waals surface area contributed by atoms with E-state index in [4.69, 9.17) is 51.3 Å². The quantitative estimate of drug-likeness (QED) is 0.0220. The summed E-state index contributed by atoms with van der Waals surface area (Å²) in [5.41, 5.74) is -0.411. The number of phosphoric acid groups is 6. The van der Waals surface area contributed by atoms with Crippen molar-refractivity contribution in [2.75, 3.05) is 72.7 Å². The molecule has 24 nitrogen and oxygen atoms in total. The molecule has 7 atom stereocenters. The summed E-state index contributed by atoms with van der Waals surface area (Å²) in [5.74, 6) is 0.790. The number of rotatable bonds is 58. The second-order valence-electron chi connectivity index (χ2n) is 22.9. The molecule has 0 bridgehead atoms. The van der Waals surface area contributed by atoms with E-state index in [1.54, 1.807) is 12.2 Å². The average molecular weight is 1470 g/mol. The van der Waals surface area contributed by atoms with Crippen LogP contribution in [0.15, 0.2) is 25.3 Å². The molecule has 0 aromatic rings. The van der Waals surface area contributed by atoms with Crippen LogP contribution in [-0.2, 0) is 98.7 Å². The molecule has 0 aromatic carbocycles. The molecule has 544 valence electrons. The summed E-state index contributed by atoms with van der Waals surface area (Å²) >= 11 is 0. The maximum Gasteiger partial charge on any atom is 4.00 e. The number of unbranched alkanes of at least 4 members (excludes halogenated alkanes) is 6. The van der Waals surface area contributed by atoms with E-state index in [0.717, 1.165) is 161 Å². The van der Waals surface area contributed by atoms with Crippen molar-refractivity contribution in [3.05, 3.63) is 25.3 Å². The van der Waals surface area contributed by atoms with Crippen molar-refractivity contribution in [2.45, 2.75) is 251 Å². The number of phosphoric ester groups is 3. The van der Waals surface area contributed by atoms with Crippen molar-refractivity contribution in [1.82, 2.24) is 0 Å². The van der Waals surface area contributed by atoms with Crippen LogP contribution in [0.3, 0.4) is 0 Å². The zero-order chi connectivity index (χ0) is 69.6. The van der Waals surface area contributed by atoms with Gasteiger partial charge in [-0.3, -0.25) is 36.0 Å². The average Bonchev–Trinajstić information content (AvgIpc) is 2.12. The van der Waals surface area contributed by atoms with Gasteiger partial charge < -0.3 is 48.5 Å². The van der Waals surface area contributed by atoms with Crippen LogP contribution in [0.5, 0.6) is 0 Å². The molecular formula is C60H126O24P6Ti. The summed E-state index contributed by atoms with van der Waals surface area (Å²) in [5, 5.41) is 11.2. The van der Waals surface area contributed by atoms with E-state index in [1.165, 1.54) is 0 Å². The van der Waals surface area contributed by atoms with Gasteiger partial charge in [-0.1, -0.05) is 218 Å². The first-order chi connectivity index (χ1) is 42.3. The normalized spacial score (nSPS) is 16.6. The van der Waals surface area contributed by atoms with Crippen LogP contribution in [-0.4, -0.2) is 87.4 Å². The van der Waals surface area contributed by atoms with E-state index in [9.17, 15) is 47.2 Å². The summed E-state index contributed by atoms with van der Waals surface area (Å²) in [4.78, 5) is 59.9. The van der Waals surface area contributed by atoms with Crippen LogP contribution in [0.25, 0.3) is 0 Å². The Morgan fingerprint density at radius 3 is 0.802 bits per heavy atom. The van der Waals surface area contributed by atoms with Crippen molar-refractivity contribution in [3.8, 4) is 0 Å². The molecule has 0 fully saturated rings. The largest absolute Gasteiger partial charge is 4.00 e. The molecule has 0 radical (unpaired) electrons. The molecule has 0 amide bonds. The van der Waals surface area contributed by atoms with E-state index in [0.29, 0.717) is 26.4 Å². The van der Waals surface area contributed by atoms with E-state index >= 15 is 0 Å². The Bertz CT molecular complexity index is 1720. The van der Waals surface area contributed by atoms with Gasteiger partial charge in [-0.2, -0.15) is 4.31 Å². The molecule has 0 spiro atoms. The smallest absolute Gasteiger partial charge is 0.854 e. The van der Waals surface area contributed by atoms with Gasteiger partial charge in [-0.05, 0) is 80.5 Å². The van der Waals surface area contributed by atoms with Gasteiger partial charge in [0, 0.05) is 5.41 Å². The Morgan fingerprint density at radius 2 is 0.637 bits per heavy atom. The van der Waals surface area contributed by atoms with Gasteiger partial charge in [0.05, 0.1) is 73.9 Å². The van der Waals surface area contributed by atoms with Gasteiger partial charge in [0.15, 0.2) is 0 Å². The van der Waals surface area contributed by atoms with Crippen LogP contribution in [0.1, 0.15) is 251 Å². The maximum atomic E-state index is 12.7. The molecule has 7 unspecified atom stereocenters. The molecule has 0 aliphatic carbocycles. The Labute approximate surface area is 566 Å². The fourth-order valence-corrected chi connectivity index (χ4v) is 15.1. The monoisotopic (exact) mass is 1460 g/mol. The molecule has 3 N–H and O–H groups in total. The van der Waals surface area contributed by atoms with Crippen molar-refractivity contribution in [1.29, 1.82) is 0 Å². The van der Waals surface area contributed by atoms with Crippen LogP contribution in [0, 0.1) is 40.9 Å². The fourth-order valence-electron chi connectivity index (χ4n) is 8.35. The predicted molar refractivity (Wildman–Crippen MR) is 351 cm³/mol. The molecule has 0 aromatic heterocycles. The third kappa shape index (κ3) is 60.5. The van der Waals surface area contributed by atoms with E-state index in [-0.39, 0.29) is 103 Å². The summed E-state index contributed by atoms with van der Waals surface area (Å²) in [6, 6.07) is 0. The molecule has 0 aliphatic rings. The van der Waals surface area contributed by atoms with Gasteiger partial charge >= 0.3 is 53.0 Å². The summed E-state index contributed by atoms with van der Waals surface area (Å²) in [7, 11) is -28.8. The van der Waals surface area contributed by atoms with Crippen molar-refractivity contribution in [3.63, 3.8) is 0 Å². The summed E-state index contributed by atoms with van der Waals surface area (Å²) in [6.07, 6.45) is 26.5.